The number of hydrogen-bond donors (Lipinski definition) is 2. The van der Waals surface area contributed by atoms with Crippen LogP contribution in [-0.4, -0.2) is 58.1 Å². The summed E-state index contributed by atoms with van der Waals surface area (Å²) in [5.74, 6) is 1.75. The van der Waals surface area contributed by atoms with Gasteiger partial charge in [-0.2, -0.15) is 0 Å². The second-order valence-corrected chi connectivity index (χ2v) is 9.07. The maximum Gasteiger partial charge on any atom is 0.137 e. The molecule has 1 aliphatic rings. The van der Waals surface area contributed by atoms with Crippen LogP contribution >= 0.6 is 0 Å². The van der Waals surface area contributed by atoms with Crippen LogP contribution in [0.1, 0.15) is 5.56 Å². The fourth-order valence-corrected chi connectivity index (χ4v) is 4.53. The Bertz CT molecular complexity index is 1530. The molecule has 35 heavy (non-hydrogen) atoms. The van der Waals surface area contributed by atoms with Crippen molar-refractivity contribution < 1.29 is 0 Å². The predicted molar refractivity (Wildman–Crippen MR) is 143 cm³/mol. The van der Waals surface area contributed by atoms with Crippen molar-refractivity contribution in [1.29, 1.82) is 0 Å². The van der Waals surface area contributed by atoms with Gasteiger partial charge in [0.1, 0.15) is 17.3 Å². The molecular formula is C28H27N7. The lowest BCUT2D eigenvalue weighted by atomic mass is 10.0. The molecule has 7 nitrogen and oxygen atoms in total. The summed E-state index contributed by atoms with van der Waals surface area (Å²) in [5.41, 5.74) is 4.91. The molecule has 6 rings (SSSR count). The fourth-order valence-electron chi connectivity index (χ4n) is 4.53. The Kier molecular flexibility index (Phi) is 5.39. The predicted octanol–water partition coefficient (Wildman–Crippen LogP) is 5.01. The summed E-state index contributed by atoms with van der Waals surface area (Å²) < 4.78 is 0. The molecule has 4 aromatic heterocycles. The summed E-state index contributed by atoms with van der Waals surface area (Å²) in [7, 11) is 2.16. The first kappa shape index (κ1) is 21.3. The highest BCUT2D eigenvalue weighted by Gasteiger charge is 2.16. The minimum atomic E-state index is 0.761. The van der Waals surface area contributed by atoms with E-state index in [0.717, 1.165) is 82.0 Å². The molecule has 0 saturated carbocycles. The van der Waals surface area contributed by atoms with Gasteiger partial charge in [0.15, 0.2) is 0 Å². The van der Waals surface area contributed by atoms with Crippen molar-refractivity contribution in [2.75, 3.05) is 43.4 Å². The maximum absolute atomic E-state index is 4.61. The molecule has 0 aliphatic carbocycles. The van der Waals surface area contributed by atoms with E-state index in [1.807, 2.05) is 36.9 Å². The van der Waals surface area contributed by atoms with Gasteiger partial charge in [-0.3, -0.25) is 0 Å². The van der Waals surface area contributed by atoms with Gasteiger partial charge in [-0.05, 0) is 54.4 Å². The molecule has 5 heterocycles. The zero-order valence-electron chi connectivity index (χ0n) is 19.7. The molecule has 0 bridgehead atoms. The number of aromatic nitrogens is 4. The average molecular weight is 462 g/mol. The molecule has 0 radical (unpaired) electrons. The average Bonchev–Trinajstić information content (AvgIpc) is 3.37. The van der Waals surface area contributed by atoms with Gasteiger partial charge in [0.2, 0.25) is 0 Å². The molecule has 7 heteroatoms. The van der Waals surface area contributed by atoms with Gasteiger partial charge in [0, 0.05) is 78.6 Å². The number of benzene rings is 1. The molecule has 5 aromatic rings. The number of anilines is 2. The quantitative estimate of drug-likeness (QED) is 0.383. The van der Waals surface area contributed by atoms with Gasteiger partial charge < -0.3 is 20.1 Å². The maximum atomic E-state index is 4.61. The first-order chi connectivity index (χ1) is 17.1. The Morgan fingerprint density at radius 3 is 2.60 bits per heavy atom. The number of pyridine rings is 3. The van der Waals surface area contributed by atoms with E-state index >= 15 is 0 Å². The lowest BCUT2D eigenvalue weighted by Gasteiger charge is -2.33. The van der Waals surface area contributed by atoms with Crippen molar-refractivity contribution in [2.24, 2.45) is 0 Å². The number of H-pyrrole nitrogens is 1. The van der Waals surface area contributed by atoms with Crippen LogP contribution in [0, 0.1) is 0 Å². The topological polar surface area (TPSA) is 73.0 Å². The largest absolute Gasteiger partial charge is 0.354 e. The Morgan fingerprint density at radius 1 is 0.857 bits per heavy atom. The zero-order chi connectivity index (χ0) is 23.8. The van der Waals surface area contributed by atoms with E-state index in [9.17, 15) is 0 Å². The van der Waals surface area contributed by atoms with Crippen molar-refractivity contribution in [3.63, 3.8) is 0 Å². The molecule has 0 amide bonds. The smallest absolute Gasteiger partial charge is 0.137 e. The molecule has 1 fully saturated rings. The molecule has 2 N–H and O–H groups in total. The van der Waals surface area contributed by atoms with Gasteiger partial charge in [-0.25, -0.2) is 15.0 Å². The number of hydrogen-bond acceptors (Lipinski definition) is 6. The highest BCUT2D eigenvalue weighted by atomic mass is 15.3. The standard InChI is InChI=1S/C28H27N7/c1-19(20-5-7-29-27(16-20)35-11-9-34(2)10-12-35)33-26-15-24-13-21(3-4-23(24)17-31-26)25-14-22-6-8-30-28(22)32-18-25/h3-8,13-18H,1,9-12H2,2H3,(H,30,32)(H,31,33). The van der Waals surface area contributed by atoms with Crippen molar-refractivity contribution in [1.82, 2.24) is 24.8 Å². The van der Waals surface area contributed by atoms with Gasteiger partial charge >= 0.3 is 0 Å². The first-order valence-electron chi connectivity index (χ1n) is 11.8. The Balaban J connectivity index is 1.24. The highest BCUT2D eigenvalue weighted by Crippen LogP contribution is 2.28. The van der Waals surface area contributed by atoms with Crippen LogP contribution in [0.25, 0.3) is 38.6 Å². The molecule has 0 atom stereocenters. The third kappa shape index (κ3) is 4.34. The number of rotatable bonds is 5. The van der Waals surface area contributed by atoms with Crippen molar-refractivity contribution in [3.8, 4) is 11.1 Å². The van der Waals surface area contributed by atoms with Gasteiger partial charge in [-0.1, -0.05) is 18.7 Å². The van der Waals surface area contributed by atoms with E-state index in [0.29, 0.717) is 0 Å². The van der Waals surface area contributed by atoms with Crippen molar-refractivity contribution in [2.45, 2.75) is 0 Å². The van der Waals surface area contributed by atoms with Crippen LogP contribution in [0.5, 0.6) is 0 Å². The number of likely N-dealkylation sites (N-methyl/N-ethyl adjacent to an activating group) is 1. The molecule has 0 spiro atoms. The summed E-state index contributed by atoms with van der Waals surface area (Å²) in [6.45, 7) is 8.32. The van der Waals surface area contributed by atoms with Crippen LogP contribution < -0.4 is 10.2 Å². The number of aromatic amines is 1. The van der Waals surface area contributed by atoms with Gasteiger partial charge in [0.25, 0.3) is 0 Å². The van der Waals surface area contributed by atoms with Crippen LogP contribution in [0.3, 0.4) is 0 Å². The molecular weight excluding hydrogens is 434 g/mol. The minimum absolute atomic E-state index is 0.761. The van der Waals surface area contributed by atoms with E-state index < -0.39 is 0 Å². The molecule has 1 aliphatic heterocycles. The normalized spacial score (nSPS) is 14.5. The second-order valence-electron chi connectivity index (χ2n) is 9.07. The molecule has 0 unspecified atom stereocenters. The summed E-state index contributed by atoms with van der Waals surface area (Å²) >= 11 is 0. The van der Waals surface area contributed by atoms with Crippen LogP contribution in [0.2, 0.25) is 0 Å². The molecule has 174 valence electrons. The van der Waals surface area contributed by atoms with Crippen molar-refractivity contribution in [3.05, 3.63) is 85.5 Å². The number of piperazine rings is 1. The second kappa shape index (κ2) is 8.85. The molecule has 1 aromatic carbocycles. The Labute approximate surface area is 204 Å². The van der Waals surface area contributed by atoms with Crippen LogP contribution in [0.4, 0.5) is 11.6 Å². The van der Waals surface area contributed by atoms with E-state index in [2.05, 4.69) is 85.1 Å². The first-order valence-corrected chi connectivity index (χ1v) is 11.8. The highest BCUT2D eigenvalue weighted by molar-refractivity contribution is 5.91. The SMILES string of the molecule is C=C(Nc1cc2cc(-c3cnc4[nH]ccc4c3)ccc2cn1)c1ccnc(N2CCN(C)CC2)c1. The number of nitrogens with zero attached hydrogens (tertiary/aromatic N) is 5. The fraction of sp³-hybridized carbons (Fsp3) is 0.179. The third-order valence-corrected chi connectivity index (χ3v) is 6.66. The Hall–Kier alpha value is -4.23. The number of fused-ring (bicyclic) bond motifs is 2. The lowest BCUT2D eigenvalue weighted by molar-refractivity contribution is 0.312. The summed E-state index contributed by atoms with van der Waals surface area (Å²) in [4.78, 5) is 21.5. The van der Waals surface area contributed by atoms with E-state index in [1.165, 1.54) is 0 Å². The summed E-state index contributed by atoms with van der Waals surface area (Å²) in [6, 6.07) is 16.7. The van der Waals surface area contributed by atoms with Gasteiger partial charge in [0.05, 0.1) is 0 Å². The third-order valence-electron chi connectivity index (χ3n) is 6.66. The lowest BCUT2D eigenvalue weighted by Crippen LogP contribution is -2.44. The minimum Gasteiger partial charge on any atom is -0.354 e. The molecule has 1 saturated heterocycles. The number of nitrogens with one attached hydrogen (secondary N) is 2. The van der Waals surface area contributed by atoms with Crippen molar-refractivity contribution >= 4 is 39.1 Å². The van der Waals surface area contributed by atoms with E-state index in [4.69, 9.17) is 0 Å². The van der Waals surface area contributed by atoms with E-state index in [-0.39, 0.29) is 0 Å². The van der Waals surface area contributed by atoms with Crippen LogP contribution in [0.15, 0.2) is 79.9 Å². The van der Waals surface area contributed by atoms with Gasteiger partial charge in [-0.15, -0.1) is 0 Å². The monoisotopic (exact) mass is 461 g/mol. The Morgan fingerprint density at radius 2 is 1.71 bits per heavy atom. The summed E-state index contributed by atoms with van der Waals surface area (Å²) in [6.07, 6.45) is 7.56. The van der Waals surface area contributed by atoms with E-state index in [1.54, 1.807) is 0 Å². The zero-order valence-corrected chi connectivity index (χ0v) is 19.7. The summed E-state index contributed by atoms with van der Waals surface area (Å²) in [5, 5.41) is 6.68. The van der Waals surface area contributed by atoms with Crippen LogP contribution in [-0.2, 0) is 0 Å².